The van der Waals surface area contributed by atoms with Crippen LogP contribution in [0.15, 0.2) is 46.9 Å². The smallest absolute Gasteiger partial charge is 0.138 e. The molecular formula is C19H21NO2. The molecule has 4 rings (SSSR count). The summed E-state index contributed by atoms with van der Waals surface area (Å²) in [6.45, 7) is 5.02. The van der Waals surface area contributed by atoms with Crippen LogP contribution in [-0.2, 0) is 11.2 Å². The molecule has 3 nitrogen and oxygen atoms in total. The molecule has 0 saturated carbocycles. The zero-order valence-corrected chi connectivity index (χ0v) is 12.8. The van der Waals surface area contributed by atoms with E-state index in [1.165, 1.54) is 16.3 Å². The highest BCUT2D eigenvalue weighted by Gasteiger charge is 2.12. The lowest BCUT2D eigenvalue weighted by Crippen LogP contribution is -2.36. The van der Waals surface area contributed by atoms with Gasteiger partial charge in [-0.05, 0) is 31.0 Å². The van der Waals surface area contributed by atoms with Crippen molar-refractivity contribution < 1.29 is 9.15 Å². The Morgan fingerprint density at radius 2 is 1.73 bits per heavy atom. The lowest BCUT2D eigenvalue weighted by molar-refractivity contribution is 0.0375. The van der Waals surface area contributed by atoms with Gasteiger partial charge >= 0.3 is 0 Å². The summed E-state index contributed by atoms with van der Waals surface area (Å²) in [6, 6.07) is 14.8. The molecule has 1 aromatic heterocycles. The maximum Gasteiger partial charge on any atom is 0.138 e. The van der Waals surface area contributed by atoms with E-state index in [1.54, 1.807) is 0 Å². The zero-order chi connectivity index (χ0) is 14.8. The molecule has 1 saturated heterocycles. The second-order valence-corrected chi connectivity index (χ2v) is 5.95. The van der Waals surface area contributed by atoms with E-state index in [2.05, 4.69) is 35.2 Å². The first-order chi connectivity index (χ1) is 10.9. The predicted molar refractivity (Wildman–Crippen MR) is 89.3 cm³/mol. The van der Waals surface area contributed by atoms with Gasteiger partial charge in [-0.3, -0.25) is 4.90 Å². The molecule has 3 heteroatoms. The van der Waals surface area contributed by atoms with Crippen molar-refractivity contribution in [3.63, 3.8) is 0 Å². The quantitative estimate of drug-likeness (QED) is 0.731. The molecule has 22 heavy (non-hydrogen) atoms. The molecule has 0 radical (unpaired) electrons. The van der Waals surface area contributed by atoms with Crippen molar-refractivity contribution >= 4 is 21.9 Å². The van der Waals surface area contributed by atoms with Crippen LogP contribution in [0, 0.1) is 0 Å². The van der Waals surface area contributed by atoms with Gasteiger partial charge in [0.15, 0.2) is 0 Å². The molecular weight excluding hydrogens is 274 g/mol. The molecule has 0 unspecified atom stereocenters. The summed E-state index contributed by atoms with van der Waals surface area (Å²) < 4.78 is 11.5. The molecule has 1 fully saturated rings. The Hall–Kier alpha value is -1.84. The Balaban J connectivity index is 1.53. The third-order valence-electron chi connectivity index (χ3n) is 4.51. The van der Waals surface area contributed by atoms with Crippen LogP contribution < -0.4 is 0 Å². The van der Waals surface area contributed by atoms with Crippen LogP contribution in [0.25, 0.3) is 21.9 Å². The molecule has 0 bridgehead atoms. The number of hydrogen-bond acceptors (Lipinski definition) is 3. The summed E-state index contributed by atoms with van der Waals surface area (Å²) in [5.74, 6) is 0. The number of para-hydroxylation sites is 2. The zero-order valence-electron chi connectivity index (χ0n) is 12.8. The van der Waals surface area contributed by atoms with Crippen molar-refractivity contribution in [1.82, 2.24) is 4.90 Å². The number of rotatable bonds is 4. The first-order valence-corrected chi connectivity index (χ1v) is 8.11. The lowest BCUT2D eigenvalue weighted by atomic mass is 10.1. The monoisotopic (exact) mass is 295 g/mol. The van der Waals surface area contributed by atoms with Crippen LogP contribution >= 0.6 is 0 Å². The van der Waals surface area contributed by atoms with Gasteiger partial charge in [0.05, 0.1) is 13.2 Å². The summed E-state index contributed by atoms with van der Waals surface area (Å²) in [7, 11) is 0. The predicted octanol–water partition coefficient (Wildman–Crippen LogP) is 3.85. The van der Waals surface area contributed by atoms with Gasteiger partial charge in [-0.15, -0.1) is 0 Å². The second kappa shape index (κ2) is 6.11. The average molecular weight is 295 g/mol. The number of benzene rings is 2. The van der Waals surface area contributed by atoms with E-state index >= 15 is 0 Å². The van der Waals surface area contributed by atoms with Crippen molar-refractivity contribution in [1.29, 1.82) is 0 Å². The van der Waals surface area contributed by atoms with E-state index in [9.17, 15) is 0 Å². The van der Waals surface area contributed by atoms with E-state index < -0.39 is 0 Å². The minimum absolute atomic E-state index is 0.874. The Bertz CT molecular complexity index is 771. The number of nitrogens with zero attached hydrogens (tertiary/aromatic N) is 1. The highest BCUT2D eigenvalue weighted by molar-refractivity contribution is 6.05. The summed E-state index contributed by atoms with van der Waals surface area (Å²) in [5.41, 5.74) is 3.37. The van der Waals surface area contributed by atoms with Gasteiger partial charge in [-0.1, -0.05) is 36.4 Å². The fraction of sp³-hybridized carbons (Fsp3) is 0.368. The molecule has 0 N–H and O–H groups in total. The third kappa shape index (κ3) is 2.62. The van der Waals surface area contributed by atoms with Crippen molar-refractivity contribution in [3.8, 4) is 0 Å². The third-order valence-corrected chi connectivity index (χ3v) is 4.51. The second-order valence-electron chi connectivity index (χ2n) is 5.95. The van der Waals surface area contributed by atoms with Crippen molar-refractivity contribution in [2.45, 2.75) is 12.8 Å². The average Bonchev–Trinajstić information content (AvgIpc) is 2.96. The number of fused-ring (bicyclic) bond motifs is 3. The first-order valence-electron chi connectivity index (χ1n) is 8.11. The normalized spacial score (nSPS) is 16.5. The lowest BCUT2D eigenvalue weighted by Gasteiger charge is -2.26. The summed E-state index contributed by atoms with van der Waals surface area (Å²) in [5, 5.41) is 2.45. The Morgan fingerprint density at radius 1 is 0.909 bits per heavy atom. The van der Waals surface area contributed by atoms with E-state index in [4.69, 9.17) is 9.15 Å². The molecule has 0 atom stereocenters. The molecule has 0 aliphatic carbocycles. The van der Waals surface area contributed by atoms with E-state index in [-0.39, 0.29) is 0 Å². The molecule has 0 amide bonds. The van der Waals surface area contributed by atoms with Crippen LogP contribution in [-0.4, -0.2) is 37.7 Å². The Morgan fingerprint density at radius 3 is 2.64 bits per heavy atom. The molecule has 2 heterocycles. The molecule has 3 aromatic rings. The van der Waals surface area contributed by atoms with Gasteiger partial charge in [0.2, 0.25) is 0 Å². The highest BCUT2D eigenvalue weighted by atomic mass is 16.5. The van der Waals surface area contributed by atoms with E-state index in [1.807, 2.05) is 12.1 Å². The first kappa shape index (κ1) is 13.8. The van der Waals surface area contributed by atoms with E-state index in [0.717, 1.165) is 56.9 Å². The van der Waals surface area contributed by atoms with Crippen molar-refractivity contribution in [2.75, 3.05) is 32.8 Å². The number of hydrogen-bond donors (Lipinski definition) is 0. The van der Waals surface area contributed by atoms with Gasteiger partial charge in [0, 0.05) is 23.9 Å². The maximum absolute atomic E-state index is 6.09. The Labute approximate surface area is 130 Å². The Kier molecular flexibility index (Phi) is 3.83. The van der Waals surface area contributed by atoms with Crippen LogP contribution in [0.2, 0.25) is 0 Å². The fourth-order valence-corrected chi connectivity index (χ4v) is 3.32. The van der Waals surface area contributed by atoms with Gasteiger partial charge in [-0.25, -0.2) is 0 Å². The fourth-order valence-electron chi connectivity index (χ4n) is 3.32. The molecule has 0 spiro atoms. The van der Waals surface area contributed by atoms with Gasteiger partial charge in [0.25, 0.3) is 0 Å². The summed E-state index contributed by atoms with van der Waals surface area (Å²) in [6.07, 6.45) is 2.23. The SMILES string of the molecule is c1ccc2c(c1)oc1c(CCCN3CCOCC3)cccc12. The minimum Gasteiger partial charge on any atom is -0.456 e. The van der Waals surface area contributed by atoms with Crippen LogP contribution in [0.3, 0.4) is 0 Å². The standard InChI is InChI=1S/C19H21NO2/c1-2-9-18-16(7-1)17-8-3-5-15(19(17)22-18)6-4-10-20-11-13-21-14-12-20/h1-3,5,7-9H,4,6,10-14H2. The van der Waals surface area contributed by atoms with Crippen molar-refractivity contribution in [2.24, 2.45) is 0 Å². The molecule has 1 aliphatic rings. The topological polar surface area (TPSA) is 25.6 Å². The largest absolute Gasteiger partial charge is 0.456 e. The number of morpholine rings is 1. The van der Waals surface area contributed by atoms with Crippen LogP contribution in [0.1, 0.15) is 12.0 Å². The molecule has 2 aromatic carbocycles. The highest BCUT2D eigenvalue weighted by Crippen LogP contribution is 2.31. The van der Waals surface area contributed by atoms with Crippen LogP contribution in [0.4, 0.5) is 0 Å². The maximum atomic E-state index is 6.09. The van der Waals surface area contributed by atoms with Gasteiger partial charge in [0.1, 0.15) is 11.2 Å². The number of furan rings is 1. The summed E-state index contributed by atoms with van der Waals surface area (Å²) in [4.78, 5) is 2.49. The number of aryl methyl sites for hydroxylation is 1. The van der Waals surface area contributed by atoms with E-state index in [0.29, 0.717) is 0 Å². The molecule has 1 aliphatic heterocycles. The van der Waals surface area contributed by atoms with Gasteiger partial charge in [-0.2, -0.15) is 0 Å². The van der Waals surface area contributed by atoms with Crippen molar-refractivity contribution in [3.05, 3.63) is 48.0 Å². The molecule has 114 valence electrons. The van der Waals surface area contributed by atoms with Gasteiger partial charge < -0.3 is 9.15 Å². The van der Waals surface area contributed by atoms with Crippen LogP contribution in [0.5, 0.6) is 0 Å². The summed E-state index contributed by atoms with van der Waals surface area (Å²) >= 11 is 0. The number of ether oxygens (including phenoxy) is 1. The minimum atomic E-state index is 0.874.